The minimum atomic E-state index is -0.321. The molecule has 0 saturated heterocycles. The Hall–Kier alpha value is -2.69. The number of nitrogens with one attached hydrogen (secondary N) is 2. The number of unbranched alkanes of at least 4 members (excludes halogenated alkanes) is 2. The molecule has 132 valence electrons. The fraction of sp³-hybridized carbons (Fsp3) is 0.350. The Kier molecular flexibility index (Phi) is 6.69. The Morgan fingerprint density at radius 3 is 2.16 bits per heavy atom. The summed E-state index contributed by atoms with van der Waals surface area (Å²) in [6.45, 7) is 6.61. The molecule has 0 aliphatic heterocycles. The van der Waals surface area contributed by atoms with Gasteiger partial charge in [0.05, 0.1) is 0 Å². The zero-order valence-electron chi connectivity index (χ0n) is 15.1. The molecule has 1 aromatic carbocycles. The van der Waals surface area contributed by atoms with Crippen molar-refractivity contribution in [3.8, 4) is 0 Å². The maximum atomic E-state index is 12.5. The summed E-state index contributed by atoms with van der Waals surface area (Å²) in [6, 6.07) is 10.7. The Labute approximate surface area is 148 Å². The number of aromatic nitrogens is 1. The van der Waals surface area contributed by atoms with Gasteiger partial charge in [0.2, 0.25) is 0 Å². The normalized spacial score (nSPS) is 10.4. The van der Waals surface area contributed by atoms with E-state index in [9.17, 15) is 9.59 Å². The Balaban J connectivity index is 2.07. The van der Waals surface area contributed by atoms with Crippen molar-refractivity contribution < 1.29 is 9.59 Å². The zero-order valence-corrected chi connectivity index (χ0v) is 15.1. The number of anilines is 1. The van der Waals surface area contributed by atoms with Crippen LogP contribution < -0.4 is 10.6 Å². The second-order valence-electron chi connectivity index (χ2n) is 6.09. The smallest absolute Gasteiger partial charge is 0.274 e. The molecule has 0 atom stereocenters. The third kappa shape index (κ3) is 5.14. The fourth-order valence-electron chi connectivity index (χ4n) is 2.54. The second-order valence-corrected chi connectivity index (χ2v) is 6.09. The molecule has 0 spiro atoms. The number of benzene rings is 1. The van der Waals surface area contributed by atoms with E-state index in [1.165, 1.54) is 0 Å². The minimum Gasteiger partial charge on any atom is -0.351 e. The molecule has 2 amide bonds. The molecule has 2 aromatic rings. The Morgan fingerprint density at radius 2 is 1.52 bits per heavy atom. The highest BCUT2D eigenvalue weighted by atomic mass is 16.2. The number of aryl methyl sites for hydroxylation is 2. The van der Waals surface area contributed by atoms with E-state index in [-0.39, 0.29) is 23.2 Å². The van der Waals surface area contributed by atoms with Gasteiger partial charge in [-0.05, 0) is 43.5 Å². The van der Waals surface area contributed by atoms with E-state index in [0.717, 1.165) is 36.1 Å². The van der Waals surface area contributed by atoms with Gasteiger partial charge in [0.15, 0.2) is 0 Å². The molecule has 0 aliphatic rings. The molecule has 25 heavy (non-hydrogen) atoms. The van der Waals surface area contributed by atoms with E-state index in [2.05, 4.69) is 22.5 Å². The third-order valence-electron chi connectivity index (χ3n) is 4.00. The van der Waals surface area contributed by atoms with Gasteiger partial charge in [-0.2, -0.15) is 0 Å². The van der Waals surface area contributed by atoms with Crippen LogP contribution >= 0.6 is 0 Å². The van der Waals surface area contributed by atoms with Gasteiger partial charge in [-0.1, -0.05) is 44.0 Å². The molecule has 2 rings (SSSR count). The summed E-state index contributed by atoms with van der Waals surface area (Å²) < 4.78 is 0. The highest BCUT2D eigenvalue weighted by Gasteiger charge is 2.14. The Bertz CT molecular complexity index is 736. The van der Waals surface area contributed by atoms with Crippen molar-refractivity contribution in [2.24, 2.45) is 0 Å². The second kappa shape index (κ2) is 8.97. The molecule has 1 aromatic heterocycles. The highest BCUT2D eigenvalue weighted by Crippen LogP contribution is 2.20. The number of rotatable bonds is 7. The van der Waals surface area contributed by atoms with E-state index < -0.39 is 0 Å². The van der Waals surface area contributed by atoms with E-state index in [1.807, 2.05) is 32.0 Å². The van der Waals surface area contributed by atoms with Crippen molar-refractivity contribution in [3.05, 3.63) is 58.9 Å². The summed E-state index contributed by atoms with van der Waals surface area (Å²) in [7, 11) is 0. The summed E-state index contributed by atoms with van der Waals surface area (Å²) in [5.41, 5.74) is 3.23. The molecule has 1 heterocycles. The summed E-state index contributed by atoms with van der Waals surface area (Å²) in [5, 5.41) is 5.72. The number of carbonyl (C=O) groups excluding carboxylic acids is 2. The number of nitrogens with zero attached hydrogens (tertiary/aromatic N) is 1. The first-order valence-corrected chi connectivity index (χ1v) is 8.65. The average molecular weight is 339 g/mol. The first-order chi connectivity index (χ1) is 12.0. The first kappa shape index (κ1) is 18.6. The number of hydrogen-bond acceptors (Lipinski definition) is 3. The molecule has 0 unspecified atom stereocenters. The quantitative estimate of drug-likeness (QED) is 0.752. The number of para-hydroxylation sites is 1. The van der Waals surface area contributed by atoms with E-state index >= 15 is 0 Å². The minimum absolute atomic E-state index is 0.226. The number of amides is 2. The monoisotopic (exact) mass is 339 g/mol. The van der Waals surface area contributed by atoms with Gasteiger partial charge in [0.1, 0.15) is 11.4 Å². The molecule has 5 nitrogen and oxygen atoms in total. The molecule has 0 saturated carbocycles. The maximum Gasteiger partial charge on any atom is 0.274 e. The van der Waals surface area contributed by atoms with Gasteiger partial charge < -0.3 is 10.6 Å². The van der Waals surface area contributed by atoms with Crippen molar-refractivity contribution in [2.75, 3.05) is 11.9 Å². The molecule has 0 aliphatic carbocycles. The molecule has 0 bridgehead atoms. The van der Waals surface area contributed by atoms with Crippen LogP contribution in [0.1, 0.15) is 58.3 Å². The highest BCUT2D eigenvalue weighted by molar-refractivity contribution is 6.04. The van der Waals surface area contributed by atoms with Crippen LogP contribution in [0.2, 0.25) is 0 Å². The lowest BCUT2D eigenvalue weighted by molar-refractivity contribution is 0.0947. The zero-order chi connectivity index (χ0) is 18.2. The van der Waals surface area contributed by atoms with Crippen LogP contribution in [-0.2, 0) is 0 Å². The molecule has 2 N–H and O–H groups in total. The molecule has 0 fully saturated rings. The summed E-state index contributed by atoms with van der Waals surface area (Å²) in [6.07, 6.45) is 3.11. The number of pyridine rings is 1. The van der Waals surface area contributed by atoms with Crippen molar-refractivity contribution >= 4 is 17.5 Å². The van der Waals surface area contributed by atoms with Crippen molar-refractivity contribution in [1.82, 2.24) is 10.3 Å². The van der Waals surface area contributed by atoms with Crippen LogP contribution in [0.5, 0.6) is 0 Å². The van der Waals surface area contributed by atoms with Crippen LogP contribution in [-0.4, -0.2) is 23.3 Å². The number of hydrogen-bond donors (Lipinski definition) is 2. The van der Waals surface area contributed by atoms with Crippen molar-refractivity contribution in [2.45, 2.75) is 40.0 Å². The van der Waals surface area contributed by atoms with Crippen LogP contribution in [0, 0.1) is 13.8 Å². The van der Waals surface area contributed by atoms with E-state index in [4.69, 9.17) is 0 Å². The summed E-state index contributed by atoms with van der Waals surface area (Å²) >= 11 is 0. The predicted molar refractivity (Wildman–Crippen MR) is 100.0 cm³/mol. The SMILES string of the molecule is CCCCCNC(=O)c1cccc(C(=O)Nc2c(C)cccc2C)n1. The van der Waals surface area contributed by atoms with Crippen molar-refractivity contribution in [3.63, 3.8) is 0 Å². The maximum absolute atomic E-state index is 12.5. The standard InChI is InChI=1S/C20H25N3O2/c1-4-5-6-13-21-19(24)16-11-8-12-17(22-16)20(25)23-18-14(2)9-7-10-15(18)3/h7-12H,4-6,13H2,1-3H3,(H,21,24)(H,23,25). The van der Waals surface area contributed by atoms with Gasteiger partial charge in [0, 0.05) is 12.2 Å². The first-order valence-electron chi connectivity index (χ1n) is 8.65. The summed E-state index contributed by atoms with van der Waals surface area (Å²) in [5.74, 6) is -0.573. The van der Waals surface area contributed by atoms with E-state index in [1.54, 1.807) is 18.2 Å². The van der Waals surface area contributed by atoms with Crippen LogP contribution in [0.25, 0.3) is 0 Å². The molecule has 5 heteroatoms. The van der Waals surface area contributed by atoms with Crippen LogP contribution in [0.4, 0.5) is 5.69 Å². The van der Waals surface area contributed by atoms with Gasteiger partial charge >= 0.3 is 0 Å². The van der Waals surface area contributed by atoms with E-state index in [0.29, 0.717) is 6.54 Å². The van der Waals surface area contributed by atoms with Gasteiger partial charge in [-0.3, -0.25) is 9.59 Å². The average Bonchev–Trinajstić information content (AvgIpc) is 2.61. The fourth-order valence-corrected chi connectivity index (χ4v) is 2.54. The lowest BCUT2D eigenvalue weighted by atomic mass is 10.1. The lowest BCUT2D eigenvalue weighted by Gasteiger charge is -2.11. The van der Waals surface area contributed by atoms with Crippen LogP contribution in [0.15, 0.2) is 36.4 Å². The lowest BCUT2D eigenvalue weighted by Crippen LogP contribution is -2.26. The van der Waals surface area contributed by atoms with Gasteiger partial charge in [-0.15, -0.1) is 0 Å². The number of carbonyl (C=O) groups is 2. The summed E-state index contributed by atoms with van der Waals surface area (Å²) in [4.78, 5) is 28.8. The largest absolute Gasteiger partial charge is 0.351 e. The van der Waals surface area contributed by atoms with Crippen LogP contribution in [0.3, 0.4) is 0 Å². The van der Waals surface area contributed by atoms with Crippen molar-refractivity contribution in [1.29, 1.82) is 0 Å². The topological polar surface area (TPSA) is 71.1 Å². The molecule has 0 radical (unpaired) electrons. The third-order valence-corrected chi connectivity index (χ3v) is 4.00. The Morgan fingerprint density at radius 1 is 0.920 bits per heavy atom. The van der Waals surface area contributed by atoms with Gasteiger partial charge in [0.25, 0.3) is 11.8 Å². The molecular weight excluding hydrogens is 314 g/mol. The van der Waals surface area contributed by atoms with Gasteiger partial charge in [-0.25, -0.2) is 4.98 Å². The molecular formula is C20H25N3O2. The predicted octanol–water partition coefficient (Wildman–Crippen LogP) is 3.87.